The van der Waals surface area contributed by atoms with E-state index in [1.807, 2.05) is 6.92 Å². The highest BCUT2D eigenvalue weighted by Crippen LogP contribution is 2.28. The fraction of sp³-hybridized carbons (Fsp3) is 0.400. The SMILES string of the molecule is Cc1ccc(C(CN)N(C)Cc2csc(C)n2)c(Br)c1. The zero-order chi connectivity index (χ0) is 14.7. The predicted molar refractivity (Wildman–Crippen MR) is 89.0 cm³/mol. The van der Waals surface area contributed by atoms with E-state index in [1.165, 1.54) is 11.1 Å². The number of thiazole rings is 1. The van der Waals surface area contributed by atoms with Crippen LogP contribution >= 0.6 is 27.3 Å². The van der Waals surface area contributed by atoms with E-state index in [4.69, 9.17) is 5.73 Å². The molecule has 0 fully saturated rings. The molecule has 1 unspecified atom stereocenters. The number of aryl methyl sites for hydroxylation is 2. The highest BCUT2D eigenvalue weighted by molar-refractivity contribution is 9.10. The summed E-state index contributed by atoms with van der Waals surface area (Å²) in [7, 11) is 2.10. The minimum atomic E-state index is 0.187. The quantitative estimate of drug-likeness (QED) is 0.891. The van der Waals surface area contributed by atoms with Crippen LogP contribution in [0.25, 0.3) is 0 Å². The maximum Gasteiger partial charge on any atom is 0.0897 e. The van der Waals surface area contributed by atoms with Gasteiger partial charge < -0.3 is 5.73 Å². The molecule has 5 heteroatoms. The van der Waals surface area contributed by atoms with Crippen LogP contribution in [0.1, 0.15) is 27.9 Å². The number of nitrogens with zero attached hydrogens (tertiary/aromatic N) is 2. The zero-order valence-electron chi connectivity index (χ0n) is 12.1. The number of hydrogen-bond acceptors (Lipinski definition) is 4. The Kier molecular flexibility index (Phi) is 5.32. The van der Waals surface area contributed by atoms with Crippen molar-refractivity contribution >= 4 is 27.3 Å². The summed E-state index contributed by atoms with van der Waals surface area (Å²) in [5, 5.41) is 3.22. The topological polar surface area (TPSA) is 42.1 Å². The molecule has 1 atom stereocenters. The standard InChI is InChI=1S/C15H20BrN3S/c1-10-4-5-13(14(16)6-10)15(7-17)19(3)8-12-9-20-11(2)18-12/h4-6,9,15H,7-8,17H2,1-3H3. The van der Waals surface area contributed by atoms with Gasteiger partial charge in [-0.05, 0) is 38.1 Å². The first-order valence-corrected chi connectivity index (χ1v) is 8.26. The maximum absolute atomic E-state index is 5.99. The number of benzene rings is 1. The number of halogens is 1. The second kappa shape index (κ2) is 6.80. The van der Waals surface area contributed by atoms with Crippen LogP contribution in [0, 0.1) is 13.8 Å². The van der Waals surface area contributed by atoms with Gasteiger partial charge in [-0.3, -0.25) is 4.90 Å². The van der Waals surface area contributed by atoms with E-state index in [-0.39, 0.29) is 6.04 Å². The lowest BCUT2D eigenvalue weighted by Crippen LogP contribution is -2.30. The third-order valence-corrected chi connectivity index (χ3v) is 4.86. The van der Waals surface area contributed by atoms with E-state index in [0.29, 0.717) is 6.54 Å². The van der Waals surface area contributed by atoms with E-state index >= 15 is 0 Å². The zero-order valence-corrected chi connectivity index (χ0v) is 14.5. The van der Waals surface area contributed by atoms with Crippen LogP contribution < -0.4 is 5.73 Å². The number of hydrogen-bond donors (Lipinski definition) is 1. The lowest BCUT2D eigenvalue weighted by Gasteiger charge is -2.27. The molecule has 2 rings (SSSR count). The number of aromatic nitrogens is 1. The number of nitrogens with two attached hydrogens (primary N) is 1. The van der Waals surface area contributed by atoms with Gasteiger partial charge in [-0.1, -0.05) is 28.1 Å². The van der Waals surface area contributed by atoms with Gasteiger partial charge in [0.25, 0.3) is 0 Å². The summed E-state index contributed by atoms with van der Waals surface area (Å²) in [4.78, 5) is 6.78. The normalized spacial score (nSPS) is 12.9. The van der Waals surface area contributed by atoms with E-state index < -0.39 is 0 Å². The highest BCUT2D eigenvalue weighted by Gasteiger charge is 2.19. The number of rotatable bonds is 5. The van der Waals surface area contributed by atoms with Crippen molar-refractivity contribution < 1.29 is 0 Å². The van der Waals surface area contributed by atoms with Crippen LogP contribution in [0.5, 0.6) is 0 Å². The second-order valence-corrected chi connectivity index (χ2v) is 6.97. The molecule has 20 heavy (non-hydrogen) atoms. The van der Waals surface area contributed by atoms with E-state index in [0.717, 1.165) is 21.7 Å². The Bertz CT molecular complexity index is 582. The van der Waals surface area contributed by atoms with Crippen molar-refractivity contribution in [2.75, 3.05) is 13.6 Å². The molecule has 0 bridgehead atoms. The first-order valence-electron chi connectivity index (χ1n) is 6.58. The molecule has 0 amide bonds. The van der Waals surface area contributed by atoms with Crippen molar-refractivity contribution in [3.63, 3.8) is 0 Å². The molecular formula is C15H20BrN3S. The van der Waals surface area contributed by atoms with Crippen molar-refractivity contribution in [2.24, 2.45) is 5.73 Å². The largest absolute Gasteiger partial charge is 0.329 e. The summed E-state index contributed by atoms with van der Waals surface area (Å²) < 4.78 is 1.12. The third kappa shape index (κ3) is 3.67. The minimum absolute atomic E-state index is 0.187. The van der Waals surface area contributed by atoms with Gasteiger partial charge >= 0.3 is 0 Å². The molecule has 108 valence electrons. The molecule has 3 nitrogen and oxygen atoms in total. The van der Waals surface area contributed by atoms with Crippen LogP contribution in [-0.4, -0.2) is 23.5 Å². The summed E-state index contributed by atoms with van der Waals surface area (Å²) in [6.07, 6.45) is 0. The van der Waals surface area contributed by atoms with E-state index in [1.54, 1.807) is 11.3 Å². The molecule has 1 aromatic heterocycles. The average Bonchev–Trinajstić information content (AvgIpc) is 2.78. The minimum Gasteiger partial charge on any atom is -0.329 e. The van der Waals surface area contributed by atoms with E-state index in [9.17, 15) is 0 Å². The molecule has 2 aromatic rings. The molecule has 0 radical (unpaired) electrons. The summed E-state index contributed by atoms with van der Waals surface area (Å²) in [6.45, 7) is 5.52. The molecule has 1 heterocycles. The maximum atomic E-state index is 5.99. The van der Waals surface area contributed by atoms with Crippen LogP contribution in [0.15, 0.2) is 28.1 Å². The molecule has 0 spiro atoms. The first kappa shape index (κ1) is 15.6. The molecule has 0 aliphatic rings. The highest BCUT2D eigenvalue weighted by atomic mass is 79.9. The van der Waals surface area contributed by atoms with Crippen LogP contribution in [-0.2, 0) is 6.54 Å². The van der Waals surface area contributed by atoms with Crippen LogP contribution in [0.4, 0.5) is 0 Å². The monoisotopic (exact) mass is 353 g/mol. The molecule has 1 aromatic carbocycles. The van der Waals surface area contributed by atoms with Crippen molar-refractivity contribution in [1.29, 1.82) is 0 Å². The van der Waals surface area contributed by atoms with Gasteiger partial charge in [0, 0.05) is 29.0 Å². The van der Waals surface area contributed by atoms with Gasteiger partial charge in [-0.15, -0.1) is 11.3 Å². The number of likely N-dealkylation sites (N-methyl/N-ethyl adjacent to an activating group) is 1. The third-order valence-electron chi connectivity index (χ3n) is 3.35. The summed E-state index contributed by atoms with van der Waals surface area (Å²) in [5.74, 6) is 0. The summed E-state index contributed by atoms with van der Waals surface area (Å²) >= 11 is 5.34. The Morgan fingerprint density at radius 2 is 2.15 bits per heavy atom. The fourth-order valence-electron chi connectivity index (χ4n) is 2.29. The Morgan fingerprint density at radius 3 is 2.70 bits per heavy atom. The lowest BCUT2D eigenvalue weighted by atomic mass is 10.0. The van der Waals surface area contributed by atoms with Crippen molar-refractivity contribution in [1.82, 2.24) is 9.88 Å². The van der Waals surface area contributed by atoms with Gasteiger partial charge in [0.2, 0.25) is 0 Å². The van der Waals surface area contributed by atoms with Gasteiger partial charge in [0.1, 0.15) is 0 Å². The molecule has 0 saturated carbocycles. The molecule has 2 N–H and O–H groups in total. The summed E-state index contributed by atoms with van der Waals surface area (Å²) in [6, 6.07) is 6.61. The first-order chi connectivity index (χ1) is 9.51. The second-order valence-electron chi connectivity index (χ2n) is 5.05. The Morgan fingerprint density at radius 1 is 1.40 bits per heavy atom. The molecular weight excluding hydrogens is 334 g/mol. The van der Waals surface area contributed by atoms with Crippen molar-refractivity contribution in [2.45, 2.75) is 26.4 Å². The van der Waals surface area contributed by atoms with Gasteiger partial charge in [-0.2, -0.15) is 0 Å². The van der Waals surface area contributed by atoms with E-state index in [2.05, 4.69) is 63.4 Å². The van der Waals surface area contributed by atoms with Crippen molar-refractivity contribution in [3.05, 3.63) is 49.9 Å². The molecule has 0 aliphatic carbocycles. The van der Waals surface area contributed by atoms with Crippen molar-refractivity contribution in [3.8, 4) is 0 Å². The smallest absolute Gasteiger partial charge is 0.0897 e. The Balaban J connectivity index is 2.18. The van der Waals surface area contributed by atoms with Crippen LogP contribution in [0.2, 0.25) is 0 Å². The van der Waals surface area contributed by atoms with Gasteiger partial charge in [-0.25, -0.2) is 4.98 Å². The van der Waals surface area contributed by atoms with Crippen LogP contribution in [0.3, 0.4) is 0 Å². The Labute approximate surface area is 133 Å². The van der Waals surface area contributed by atoms with Gasteiger partial charge in [0.15, 0.2) is 0 Å². The Hall–Kier alpha value is -0.750. The molecule has 0 aliphatic heterocycles. The predicted octanol–water partition coefficient (Wildman–Crippen LogP) is 3.65. The average molecular weight is 354 g/mol. The fourth-order valence-corrected chi connectivity index (χ4v) is 3.65. The van der Waals surface area contributed by atoms with Gasteiger partial charge in [0.05, 0.1) is 10.7 Å². The molecule has 0 saturated heterocycles. The summed E-state index contributed by atoms with van der Waals surface area (Å²) in [5.41, 5.74) is 9.57. The lowest BCUT2D eigenvalue weighted by molar-refractivity contribution is 0.238.